The first-order valence-corrected chi connectivity index (χ1v) is 10.7. The maximum absolute atomic E-state index is 12.3. The molecule has 0 unspecified atom stereocenters. The van der Waals surface area contributed by atoms with Gasteiger partial charge in [-0.15, -0.1) is 0 Å². The summed E-state index contributed by atoms with van der Waals surface area (Å²) in [5, 5.41) is 0. The van der Waals surface area contributed by atoms with Gasteiger partial charge < -0.3 is 9.16 Å². The Kier molecular flexibility index (Phi) is 5.44. The molecular weight excluding hydrogens is 270 g/mol. The Balaban J connectivity index is 2.72. The van der Waals surface area contributed by atoms with Crippen molar-refractivity contribution in [2.45, 2.75) is 65.4 Å². The summed E-state index contributed by atoms with van der Waals surface area (Å²) in [6.07, 6.45) is 2.74. The standard InChI is InChI=1S/C15H29NO3Si/c1-8-12-9-13(11-18-20(5,6)7)16(10-12)14(17)19-15(2,3)4/h8,13H,9-11H2,1-7H3/b12-8+/t13-/m0/s1. The molecule has 0 aromatic rings. The number of hydrogen-bond donors (Lipinski definition) is 0. The van der Waals surface area contributed by atoms with E-state index in [1.54, 1.807) is 4.90 Å². The summed E-state index contributed by atoms with van der Waals surface area (Å²) in [5.41, 5.74) is 0.819. The summed E-state index contributed by atoms with van der Waals surface area (Å²) in [6, 6.07) is 0.0998. The third kappa shape index (κ3) is 5.67. The average molecular weight is 299 g/mol. The van der Waals surface area contributed by atoms with Crippen LogP contribution in [0.15, 0.2) is 11.6 Å². The van der Waals surface area contributed by atoms with Crippen molar-refractivity contribution in [3.05, 3.63) is 11.6 Å². The molecule has 0 aromatic heterocycles. The van der Waals surface area contributed by atoms with E-state index in [1.165, 1.54) is 5.57 Å². The lowest BCUT2D eigenvalue weighted by atomic mass is 10.1. The SMILES string of the molecule is C/C=C1\C[C@@H](CO[Si](C)(C)C)N(C(=O)OC(C)(C)C)C1. The minimum absolute atomic E-state index is 0.0998. The minimum atomic E-state index is -1.57. The highest BCUT2D eigenvalue weighted by Gasteiger charge is 2.35. The number of carbonyl (C=O) groups is 1. The largest absolute Gasteiger partial charge is 0.444 e. The van der Waals surface area contributed by atoms with Crippen LogP contribution < -0.4 is 0 Å². The van der Waals surface area contributed by atoms with Crippen molar-refractivity contribution in [2.24, 2.45) is 0 Å². The number of carbonyl (C=O) groups excluding carboxylic acids is 1. The summed E-state index contributed by atoms with van der Waals surface area (Å²) in [6.45, 7) is 15.5. The number of ether oxygens (including phenoxy) is 1. The van der Waals surface area contributed by atoms with Crippen LogP contribution >= 0.6 is 0 Å². The molecule has 1 heterocycles. The Morgan fingerprint density at radius 3 is 2.45 bits per heavy atom. The minimum Gasteiger partial charge on any atom is -0.444 e. The van der Waals surface area contributed by atoms with Gasteiger partial charge in [-0.3, -0.25) is 4.90 Å². The highest BCUT2D eigenvalue weighted by Crippen LogP contribution is 2.25. The zero-order valence-electron chi connectivity index (χ0n) is 13.9. The molecule has 0 aliphatic carbocycles. The second-order valence-corrected chi connectivity index (χ2v) is 11.8. The molecule has 0 saturated carbocycles. The van der Waals surface area contributed by atoms with E-state index in [2.05, 4.69) is 25.7 Å². The molecule has 1 aliphatic heterocycles. The Bertz CT molecular complexity index is 380. The zero-order chi connectivity index (χ0) is 15.6. The molecule has 1 aliphatic rings. The van der Waals surface area contributed by atoms with Crippen molar-refractivity contribution in [3.8, 4) is 0 Å². The van der Waals surface area contributed by atoms with E-state index >= 15 is 0 Å². The van der Waals surface area contributed by atoms with E-state index in [1.807, 2.05) is 27.7 Å². The summed E-state index contributed by atoms with van der Waals surface area (Å²) < 4.78 is 11.5. The molecule has 0 radical (unpaired) electrons. The number of rotatable bonds is 3. The van der Waals surface area contributed by atoms with Gasteiger partial charge in [-0.1, -0.05) is 11.6 Å². The van der Waals surface area contributed by atoms with Crippen LogP contribution in [0.2, 0.25) is 19.6 Å². The molecule has 0 aromatic carbocycles. The number of likely N-dealkylation sites (tertiary alicyclic amines) is 1. The number of hydrogen-bond acceptors (Lipinski definition) is 3. The van der Waals surface area contributed by atoms with Gasteiger partial charge in [-0.25, -0.2) is 4.79 Å². The van der Waals surface area contributed by atoms with Gasteiger partial charge in [0.05, 0.1) is 12.6 Å². The molecule has 116 valence electrons. The molecule has 5 heteroatoms. The van der Waals surface area contributed by atoms with E-state index in [9.17, 15) is 4.79 Å². The Morgan fingerprint density at radius 1 is 1.40 bits per heavy atom. The smallest absolute Gasteiger partial charge is 0.410 e. The van der Waals surface area contributed by atoms with Gasteiger partial charge in [-0.05, 0) is 53.8 Å². The van der Waals surface area contributed by atoms with E-state index < -0.39 is 13.9 Å². The zero-order valence-corrected chi connectivity index (χ0v) is 14.9. The van der Waals surface area contributed by atoms with Crippen LogP contribution in [0.25, 0.3) is 0 Å². The summed E-state index contributed by atoms with van der Waals surface area (Å²) in [4.78, 5) is 14.1. The quantitative estimate of drug-likeness (QED) is 0.588. The highest BCUT2D eigenvalue weighted by atomic mass is 28.4. The normalized spacial score (nSPS) is 22.4. The molecule has 1 amide bonds. The molecular formula is C15H29NO3Si. The van der Waals surface area contributed by atoms with Gasteiger partial charge in [0.15, 0.2) is 8.32 Å². The van der Waals surface area contributed by atoms with Crippen LogP contribution in [0.3, 0.4) is 0 Å². The summed E-state index contributed by atoms with van der Waals surface area (Å²) in [7, 11) is -1.57. The first kappa shape index (κ1) is 17.2. The Hall–Kier alpha value is -0.813. The Labute approximate surface area is 124 Å². The lowest BCUT2D eigenvalue weighted by molar-refractivity contribution is 0.0186. The van der Waals surface area contributed by atoms with E-state index in [0.717, 1.165) is 6.42 Å². The Morgan fingerprint density at radius 2 is 2.00 bits per heavy atom. The van der Waals surface area contributed by atoms with Gasteiger partial charge >= 0.3 is 6.09 Å². The lowest BCUT2D eigenvalue weighted by Gasteiger charge is -2.29. The summed E-state index contributed by atoms with van der Waals surface area (Å²) >= 11 is 0. The van der Waals surface area contributed by atoms with Crippen LogP contribution in [-0.2, 0) is 9.16 Å². The van der Waals surface area contributed by atoms with Gasteiger partial charge in [0.2, 0.25) is 0 Å². The van der Waals surface area contributed by atoms with Crippen LogP contribution in [0, 0.1) is 0 Å². The van der Waals surface area contributed by atoms with Crippen molar-refractivity contribution < 1.29 is 14.0 Å². The second kappa shape index (κ2) is 6.31. The highest BCUT2D eigenvalue weighted by molar-refractivity contribution is 6.69. The number of allylic oxidation sites excluding steroid dienone is 1. The fourth-order valence-electron chi connectivity index (χ4n) is 2.06. The maximum Gasteiger partial charge on any atom is 0.410 e. The third-order valence-electron chi connectivity index (χ3n) is 3.06. The third-order valence-corrected chi connectivity index (χ3v) is 4.09. The lowest BCUT2D eigenvalue weighted by Crippen LogP contribution is -2.43. The van der Waals surface area contributed by atoms with E-state index in [-0.39, 0.29) is 12.1 Å². The number of nitrogens with zero attached hydrogens (tertiary/aromatic N) is 1. The molecule has 0 bridgehead atoms. The fraction of sp³-hybridized carbons (Fsp3) is 0.800. The van der Waals surface area contributed by atoms with Crippen molar-refractivity contribution in [3.63, 3.8) is 0 Å². The van der Waals surface area contributed by atoms with Crippen molar-refractivity contribution >= 4 is 14.4 Å². The molecule has 1 saturated heterocycles. The molecule has 1 rings (SSSR count). The van der Waals surface area contributed by atoms with Crippen LogP contribution in [0.4, 0.5) is 4.79 Å². The van der Waals surface area contributed by atoms with Gasteiger partial charge in [0.25, 0.3) is 0 Å². The predicted molar refractivity (Wildman–Crippen MR) is 84.4 cm³/mol. The molecule has 4 nitrogen and oxygen atoms in total. The van der Waals surface area contributed by atoms with Gasteiger partial charge in [-0.2, -0.15) is 0 Å². The first-order valence-electron chi connectivity index (χ1n) is 7.29. The van der Waals surface area contributed by atoms with Crippen LogP contribution in [0.1, 0.15) is 34.1 Å². The van der Waals surface area contributed by atoms with Crippen LogP contribution in [-0.4, -0.2) is 44.1 Å². The van der Waals surface area contributed by atoms with Gasteiger partial charge in [0, 0.05) is 6.54 Å². The molecule has 0 N–H and O–H groups in total. The monoisotopic (exact) mass is 299 g/mol. The van der Waals surface area contributed by atoms with Crippen molar-refractivity contribution in [1.82, 2.24) is 4.90 Å². The topological polar surface area (TPSA) is 38.8 Å². The second-order valence-electron chi connectivity index (χ2n) is 7.34. The first-order chi connectivity index (χ1) is 9.02. The van der Waals surface area contributed by atoms with Crippen molar-refractivity contribution in [1.29, 1.82) is 0 Å². The molecule has 20 heavy (non-hydrogen) atoms. The molecule has 0 spiro atoms. The molecule has 1 atom stereocenters. The predicted octanol–water partition coefficient (Wildman–Crippen LogP) is 3.79. The van der Waals surface area contributed by atoms with Crippen LogP contribution in [0.5, 0.6) is 0 Å². The maximum atomic E-state index is 12.3. The average Bonchev–Trinajstić information content (AvgIpc) is 2.66. The molecule has 1 fully saturated rings. The summed E-state index contributed by atoms with van der Waals surface area (Å²) in [5.74, 6) is 0. The number of amides is 1. The fourth-order valence-corrected chi connectivity index (χ4v) is 2.76. The van der Waals surface area contributed by atoms with E-state index in [0.29, 0.717) is 13.2 Å². The van der Waals surface area contributed by atoms with Gasteiger partial charge in [0.1, 0.15) is 5.60 Å². The van der Waals surface area contributed by atoms with Crippen molar-refractivity contribution in [2.75, 3.05) is 13.2 Å². The van der Waals surface area contributed by atoms with E-state index in [4.69, 9.17) is 9.16 Å².